The highest BCUT2D eigenvalue weighted by molar-refractivity contribution is 9.10. The van der Waals surface area contributed by atoms with Gasteiger partial charge >= 0.3 is 0 Å². The third-order valence-electron chi connectivity index (χ3n) is 4.84. The van der Waals surface area contributed by atoms with E-state index in [1.165, 1.54) is 0 Å². The molecule has 1 N–H and O–H groups in total. The van der Waals surface area contributed by atoms with E-state index in [4.69, 9.17) is 20.8 Å². The first-order valence-corrected chi connectivity index (χ1v) is 11.1. The van der Waals surface area contributed by atoms with E-state index in [2.05, 4.69) is 26.3 Å². The van der Waals surface area contributed by atoms with E-state index >= 15 is 0 Å². The minimum absolute atomic E-state index is 0.178. The molecule has 2 heterocycles. The lowest BCUT2D eigenvalue weighted by Gasteiger charge is -2.08. The monoisotopic (exact) mass is 513 g/mol. The van der Waals surface area contributed by atoms with Crippen LogP contribution in [0.4, 0.5) is 5.82 Å². The highest BCUT2D eigenvalue weighted by Crippen LogP contribution is 2.24. The molecule has 0 saturated heterocycles. The van der Waals surface area contributed by atoms with Crippen molar-refractivity contribution in [3.8, 4) is 5.75 Å². The Balaban J connectivity index is 1.39. The Morgan fingerprint density at radius 3 is 2.81 bits per heavy atom. The number of rotatable bonds is 7. The molecule has 0 aliphatic rings. The fraction of sp³-hybridized carbons (Fsp3) is 0.167. The van der Waals surface area contributed by atoms with E-state index in [1.54, 1.807) is 23.0 Å². The summed E-state index contributed by atoms with van der Waals surface area (Å²) in [6.07, 6.45) is 1.78. The van der Waals surface area contributed by atoms with E-state index in [-0.39, 0.29) is 12.4 Å². The van der Waals surface area contributed by atoms with Crippen molar-refractivity contribution in [3.05, 3.63) is 98.5 Å². The predicted molar refractivity (Wildman–Crippen MR) is 127 cm³/mol. The molecule has 0 saturated carbocycles. The molecule has 6 nitrogen and oxygen atoms in total. The Labute approximate surface area is 199 Å². The van der Waals surface area contributed by atoms with E-state index < -0.39 is 5.91 Å². The third kappa shape index (κ3) is 5.23. The number of halogens is 2. The van der Waals surface area contributed by atoms with Crippen molar-refractivity contribution in [2.75, 3.05) is 5.32 Å². The van der Waals surface area contributed by atoms with Crippen molar-refractivity contribution < 1.29 is 13.9 Å². The van der Waals surface area contributed by atoms with Crippen molar-refractivity contribution in [1.29, 1.82) is 0 Å². The number of furan rings is 1. The zero-order chi connectivity index (χ0) is 22.7. The van der Waals surface area contributed by atoms with Gasteiger partial charge in [-0.3, -0.25) is 9.48 Å². The lowest BCUT2D eigenvalue weighted by molar-refractivity contribution is 0.0992. The largest absolute Gasteiger partial charge is 0.485 e. The highest BCUT2D eigenvalue weighted by Gasteiger charge is 2.16. The van der Waals surface area contributed by atoms with Crippen LogP contribution >= 0.6 is 27.5 Å². The Morgan fingerprint density at radius 2 is 2.00 bits per heavy atom. The second-order valence-corrected chi connectivity index (χ2v) is 8.65. The fourth-order valence-electron chi connectivity index (χ4n) is 3.12. The van der Waals surface area contributed by atoms with Crippen LogP contribution in [0, 0.1) is 13.8 Å². The molecule has 4 rings (SSSR count). The summed E-state index contributed by atoms with van der Waals surface area (Å²) in [4.78, 5) is 12.6. The molecule has 32 heavy (non-hydrogen) atoms. The number of nitrogens with one attached hydrogen (secondary N) is 1. The van der Waals surface area contributed by atoms with Gasteiger partial charge in [0.05, 0.1) is 11.0 Å². The molecule has 0 unspecified atom stereocenters. The molecule has 0 aliphatic carbocycles. The van der Waals surface area contributed by atoms with E-state index in [0.717, 1.165) is 22.4 Å². The number of hydrogen-bond acceptors (Lipinski definition) is 4. The van der Waals surface area contributed by atoms with E-state index in [1.807, 2.05) is 56.3 Å². The maximum atomic E-state index is 12.6. The van der Waals surface area contributed by atoms with Crippen molar-refractivity contribution in [1.82, 2.24) is 9.78 Å². The number of hydrogen-bond donors (Lipinski definition) is 1. The minimum Gasteiger partial charge on any atom is -0.485 e. The van der Waals surface area contributed by atoms with E-state index in [0.29, 0.717) is 27.6 Å². The Morgan fingerprint density at radius 1 is 1.19 bits per heavy atom. The van der Waals surface area contributed by atoms with Gasteiger partial charge in [0.15, 0.2) is 11.6 Å². The lowest BCUT2D eigenvalue weighted by Crippen LogP contribution is -2.12. The minimum atomic E-state index is -0.397. The first kappa shape index (κ1) is 22.2. The zero-order valence-corrected chi connectivity index (χ0v) is 19.9. The van der Waals surface area contributed by atoms with Gasteiger partial charge in [-0.25, -0.2) is 0 Å². The quantitative estimate of drug-likeness (QED) is 0.310. The average molecular weight is 515 g/mol. The van der Waals surface area contributed by atoms with Crippen LogP contribution in [0.5, 0.6) is 5.75 Å². The molecule has 2 aromatic heterocycles. The van der Waals surface area contributed by atoms with Gasteiger partial charge in [-0.15, -0.1) is 0 Å². The molecule has 0 fully saturated rings. The SMILES string of the molecule is Cc1ccc(C)c(OCc2ccc(C(=O)Nc3nn(Cc4ccccc4Cl)cc3Br)o2)c1. The highest BCUT2D eigenvalue weighted by atomic mass is 79.9. The number of carbonyl (C=O) groups excluding carboxylic acids is 1. The average Bonchev–Trinajstić information content (AvgIpc) is 3.37. The third-order valence-corrected chi connectivity index (χ3v) is 5.79. The predicted octanol–water partition coefficient (Wildman–Crippen LogP) is 6.39. The van der Waals surface area contributed by atoms with E-state index in [9.17, 15) is 4.79 Å². The van der Waals surface area contributed by atoms with Gasteiger partial charge in [0.1, 0.15) is 18.1 Å². The van der Waals surface area contributed by atoms with Crippen LogP contribution in [-0.2, 0) is 13.2 Å². The van der Waals surface area contributed by atoms with Gasteiger partial charge in [-0.1, -0.05) is 41.9 Å². The first-order chi connectivity index (χ1) is 15.4. The summed E-state index contributed by atoms with van der Waals surface area (Å²) in [5, 5.41) is 7.85. The van der Waals surface area contributed by atoms with Crippen molar-refractivity contribution in [2.45, 2.75) is 27.0 Å². The van der Waals surface area contributed by atoms with Crippen LogP contribution in [0.15, 0.2) is 69.7 Å². The number of carbonyl (C=O) groups is 1. The van der Waals surface area contributed by atoms with Crippen molar-refractivity contribution in [3.63, 3.8) is 0 Å². The standard InChI is InChI=1S/C24H21BrClN3O3/c1-15-7-8-16(2)22(11-15)31-14-18-9-10-21(32-18)24(30)27-23-19(25)13-29(28-23)12-17-5-3-4-6-20(17)26/h3-11,13H,12,14H2,1-2H3,(H,27,28,30). The molecule has 0 bridgehead atoms. The van der Waals surface area contributed by atoms with Crippen LogP contribution in [0.2, 0.25) is 5.02 Å². The molecule has 0 spiro atoms. The molecule has 1 amide bonds. The molecule has 4 aromatic rings. The van der Waals surface area contributed by atoms with Gasteiger partial charge < -0.3 is 14.5 Å². The Bertz CT molecular complexity index is 1270. The normalized spacial score (nSPS) is 10.9. The Hall–Kier alpha value is -3.03. The molecular weight excluding hydrogens is 494 g/mol. The van der Waals surface area contributed by atoms with Gasteiger partial charge in [0, 0.05) is 11.2 Å². The number of aryl methyl sites for hydroxylation is 2. The fourth-order valence-corrected chi connectivity index (χ4v) is 3.73. The second kappa shape index (κ2) is 9.63. The van der Waals surface area contributed by atoms with Crippen LogP contribution < -0.4 is 10.1 Å². The summed E-state index contributed by atoms with van der Waals surface area (Å²) in [5.41, 5.74) is 3.09. The van der Waals surface area contributed by atoms with Crippen LogP contribution in [0.3, 0.4) is 0 Å². The number of amides is 1. The molecular formula is C24H21BrClN3O3. The number of anilines is 1. The van der Waals surface area contributed by atoms with Gasteiger partial charge in [0.25, 0.3) is 5.91 Å². The van der Waals surface area contributed by atoms with Gasteiger partial charge in [-0.2, -0.15) is 5.10 Å². The number of benzene rings is 2. The van der Waals surface area contributed by atoms with Crippen molar-refractivity contribution >= 4 is 39.3 Å². The number of nitrogens with zero attached hydrogens (tertiary/aromatic N) is 2. The summed E-state index contributed by atoms with van der Waals surface area (Å²) >= 11 is 9.66. The van der Waals surface area contributed by atoms with Crippen molar-refractivity contribution in [2.24, 2.45) is 0 Å². The second-order valence-electron chi connectivity index (χ2n) is 7.39. The maximum absolute atomic E-state index is 12.6. The van der Waals surface area contributed by atoms with Crippen LogP contribution in [-0.4, -0.2) is 15.7 Å². The zero-order valence-electron chi connectivity index (χ0n) is 17.6. The molecule has 0 atom stereocenters. The first-order valence-electron chi connectivity index (χ1n) is 9.95. The van der Waals surface area contributed by atoms with Crippen LogP contribution in [0.1, 0.15) is 33.0 Å². The maximum Gasteiger partial charge on any atom is 0.292 e. The lowest BCUT2D eigenvalue weighted by atomic mass is 10.1. The summed E-state index contributed by atoms with van der Waals surface area (Å²) < 4.78 is 13.9. The summed E-state index contributed by atoms with van der Waals surface area (Å²) in [6, 6.07) is 16.9. The Kier molecular flexibility index (Phi) is 6.67. The van der Waals surface area contributed by atoms with Gasteiger partial charge in [-0.05, 0) is 70.7 Å². The summed E-state index contributed by atoms with van der Waals surface area (Å²) in [7, 11) is 0. The molecule has 8 heteroatoms. The molecule has 2 aromatic carbocycles. The topological polar surface area (TPSA) is 69.3 Å². The van der Waals surface area contributed by atoms with Crippen LogP contribution in [0.25, 0.3) is 0 Å². The molecule has 164 valence electrons. The molecule has 0 radical (unpaired) electrons. The smallest absolute Gasteiger partial charge is 0.292 e. The summed E-state index contributed by atoms with van der Waals surface area (Å²) in [6.45, 7) is 4.70. The number of ether oxygens (including phenoxy) is 1. The molecule has 0 aliphatic heterocycles. The summed E-state index contributed by atoms with van der Waals surface area (Å²) in [5.74, 6) is 1.52. The van der Waals surface area contributed by atoms with Gasteiger partial charge in [0.2, 0.25) is 0 Å². The number of aromatic nitrogens is 2.